The van der Waals surface area contributed by atoms with Crippen molar-refractivity contribution in [1.82, 2.24) is 19.9 Å². The topological polar surface area (TPSA) is 91.7 Å². The number of para-hydroxylation sites is 1. The van der Waals surface area contributed by atoms with Crippen LogP contribution in [0.1, 0.15) is 12.0 Å². The van der Waals surface area contributed by atoms with Gasteiger partial charge in [-0.15, -0.1) is 0 Å². The van der Waals surface area contributed by atoms with Gasteiger partial charge < -0.3 is 19.6 Å². The van der Waals surface area contributed by atoms with Crippen molar-refractivity contribution in [2.75, 3.05) is 31.1 Å². The quantitative estimate of drug-likeness (QED) is 0.622. The summed E-state index contributed by atoms with van der Waals surface area (Å²) in [6, 6.07) is 12.1. The second-order valence-electron chi connectivity index (χ2n) is 7.57. The van der Waals surface area contributed by atoms with E-state index < -0.39 is 6.09 Å². The molecule has 1 saturated heterocycles. The molecule has 158 valence electrons. The van der Waals surface area contributed by atoms with Gasteiger partial charge in [0, 0.05) is 24.7 Å². The van der Waals surface area contributed by atoms with Crippen molar-refractivity contribution < 1.29 is 14.6 Å². The third kappa shape index (κ3) is 3.98. The Kier molecular flexibility index (Phi) is 5.07. The molecule has 1 fully saturated rings. The summed E-state index contributed by atoms with van der Waals surface area (Å²) in [6.45, 7) is 2.14. The molecule has 0 saturated carbocycles. The van der Waals surface area contributed by atoms with E-state index in [1.165, 1.54) is 4.90 Å². The smallest absolute Gasteiger partial charge is 0.407 e. The minimum absolute atomic E-state index is 0.0438. The van der Waals surface area contributed by atoms with Gasteiger partial charge in [-0.3, -0.25) is 0 Å². The fraction of sp³-hybridized carbons (Fsp3) is 0.273. The molecule has 3 aromatic rings. The zero-order valence-electron chi connectivity index (χ0n) is 16.6. The fourth-order valence-electron chi connectivity index (χ4n) is 3.83. The summed E-state index contributed by atoms with van der Waals surface area (Å²) >= 11 is 6.02. The Balaban J connectivity index is 1.29. The zero-order chi connectivity index (χ0) is 21.4. The van der Waals surface area contributed by atoms with Gasteiger partial charge in [0.2, 0.25) is 11.2 Å². The van der Waals surface area contributed by atoms with Crippen molar-refractivity contribution in [2.24, 2.45) is 0 Å². The highest BCUT2D eigenvalue weighted by atomic mass is 35.5. The van der Waals surface area contributed by atoms with Crippen LogP contribution in [0.2, 0.25) is 5.28 Å². The van der Waals surface area contributed by atoms with Crippen LogP contribution in [0.3, 0.4) is 0 Å². The Labute approximate surface area is 183 Å². The fourth-order valence-corrected chi connectivity index (χ4v) is 3.96. The van der Waals surface area contributed by atoms with Gasteiger partial charge >= 0.3 is 6.09 Å². The molecular weight excluding hydrogens is 418 g/mol. The van der Waals surface area contributed by atoms with Crippen molar-refractivity contribution in [1.29, 1.82) is 0 Å². The lowest BCUT2D eigenvalue weighted by molar-refractivity contribution is 0.150. The van der Waals surface area contributed by atoms with E-state index in [9.17, 15) is 4.79 Å². The van der Waals surface area contributed by atoms with Crippen LogP contribution in [0, 0.1) is 0 Å². The molecule has 2 aliphatic rings. The first-order chi connectivity index (χ1) is 15.1. The molecule has 0 atom stereocenters. The highest BCUT2D eigenvalue weighted by Gasteiger charge is 2.31. The number of rotatable bonds is 4. The van der Waals surface area contributed by atoms with Crippen molar-refractivity contribution in [3.8, 4) is 5.88 Å². The van der Waals surface area contributed by atoms with Gasteiger partial charge in [-0.25, -0.2) is 14.8 Å². The maximum Gasteiger partial charge on any atom is 0.407 e. The first-order valence-corrected chi connectivity index (χ1v) is 10.4. The number of amides is 1. The maximum absolute atomic E-state index is 11.1. The van der Waals surface area contributed by atoms with E-state index in [-0.39, 0.29) is 11.4 Å². The molecule has 1 N–H and O–H groups in total. The number of ether oxygens (including phenoxy) is 1. The second-order valence-corrected chi connectivity index (χ2v) is 7.91. The SMILES string of the molecule is O=C(O)N1CC=C(c2cnc(Cl)nc2OC2CN(c3ccc4ccccc4n3)C2)CC1. The lowest BCUT2D eigenvalue weighted by atomic mass is 10.0. The predicted octanol–water partition coefficient (Wildman–Crippen LogP) is 3.71. The van der Waals surface area contributed by atoms with E-state index in [1.807, 2.05) is 36.4 Å². The van der Waals surface area contributed by atoms with Crippen LogP contribution in [0.25, 0.3) is 16.5 Å². The third-order valence-corrected chi connectivity index (χ3v) is 5.77. The molecule has 31 heavy (non-hydrogen) atoms. The van der Waals surface area contributed by atoms with Gasteiger partial charge in [-0.1, -0.05) is 24.3 Å². The number of anilines is 1. The second kappa shape index (κ2) is 8.03. The summed E-state index contributed by atoms with van der Waals surface area (Å²) in [5, 5.41) is 10.4. The standard InChI is InChI=1S/C22H20ClN5O3/c23-21-24-11-17(14-7-9-27(10-8-14)22(29)30)20(26-21)31-16-12-28(13-16)19-6-5-15-3-1-2-4-18(15)25-19/h1-7,11,16H,8-10,12-13H2,(H,29,30). The summed E-state index contributed by atoms with van der Waals surface area (Å²) < 4.78 is 6.15. The van der Waals surface area contributed by atoms with E-state index in [0.717, 1.165) is 27.9 Å². The van der Waals surface area contributed by atoms with Crippen LogP contribution >= 0.6 is 11.6 Å². The number of halogens is 1. The van der Waals surface area contributed by atoms with Crippen molar-refractivity contribution >= 4 is 40.0 Å². The number of aromatic nitrogens is 3. The minimum atomic E-state index is -0.920. The molecule has 0 unspecified atom stereocenters. The van der Waals surface area contributed by atoms with Crippen LogP contribution in [0.5, 0.6) is 5.88 Å². The van der Waals surface area contributed by atoms with Crippen LogP contribution < -0.4 is 9.64 Å². The number of pyridine rings is 1. The van der Waals surface area contributed by atoms with Gasteiger partial charge in [0.15, 0.2) is 0 Å². The molecule has 4 heterocycles. The summed E-state index contributed by atoms with van der Waals surface area (Å²) in [6.07, 6.45) is 3.14. The number of hydrogen-bond acceptors (Lipinski definition) is 6. The molecule has 0 bridgehead atoms. The maximum atomic E-state index is 11.1. The van der Waals surface area contributed by atoms with Crippen molar-refractivity contribution in [2.45, 2.75) is 12.5 Å². The molecule has 0 aliphatic carbocycles. The van der Waals surface area contributed by atoms with Crippen molar-refractivity contribution in [3.63, 3.8) is 0 Å². The van der Waals surface area contributed by atoms with E-state index in [4.69, 9.17) is 26.4 Å². The minimum Gasteiger partial charge on any atom is -0.470 e. The largest absolute Gasteiger partial charge is 0.470 e. The zero-order valence-corrected chi connectivity index (χ0v) is 17.4. The molecule has 0 radical (unpaired) electrons. The summed E-state index contributed by atoms with van der Waals surface area (Å²) in [5.41, 5.74) is 2.70. The summed E-state index contributed by atoms with van der Waals surface area (Å²) in [4.78, 5) is 27.8. The molecule has 2 aliphatic heterocycles. The highest BCUT2D eigenvalue weighted by Crippen LogP contribution is 2.32. The average Bonchev–Trinajstić information content (AvgIpc) is 2.76. The van der Waals surface area contributed by atoms with Crippen LogP contribution in [0.4, 0.5) is 10.6 Å². The monoisotopic (exact) mass is 437 g/mol. The van der Waals surface area contributed by atoms with Crippen LogP contribution in [-0.4, -0.2) is 63.3 Å². The molecule has 5 rings (SSSR count). The number of benzene rings is 1. The summed E-state index contributed by atoms with van der Waals surface area (Å²) in [5.74, 6) is 1.36. The average molecular weight is 438 g/mol. The Morgan fingerprint density at radius 2 is 2.00 bits per heavy atom. The number of fused-ring (bicyclic) bond motifs is 1. The normalized spacial score (nSPS) is 16.7. The van der Waals surface area contributed by atoms with E-state index in [0.29, 0.717) is 38.5 Å². The number of carboxylic acid groups (broad SMARTS) is 1. The Bertz CT molecular complexity index is 1180. The van der Waals surface area contributed by atoms with E-state index in [2.05, 4.69) is 20.9 Å². The lowest BCUT2D eigenvalue weighted by Crippen LogP contribution is -2.54. The molecule has 9 heteroatoms. The molecule has 2 aromatic heterocycles. The third-order valence-electron chi connectivity index (χ3n) is 5.58. The van der Waals surface area contributed by atoms with Gasteiger partial charge in [0.05, 0.1) is 24.2 Å². The predicted molar refractivity (Wildman–Crippen MR) is 118 cm³/mol. The Morgan fingerprint density at radius 1 is 1.16 bits per heavy atom. The van der Waals surface area contributed by atoms with Gasteiger partial charge in [0.25, 0.3) is 0 Å². The Hall–Kier alpha value is -3.39. The van der Waals surface area contributed by atoms with Gasteiger partial charge in [-0.05, 0) is 41.8 Å². The highest BCUT2D eigenvalue weighted by molar-refractivity contribution is 6.28. The molecular formula is C22H20ClN5O3. The number of hydrogen-bond donors (Lipinski definition) is 1. The number of carbonyl (C=O) groups is 1. The lowest BCUT2D eigenvalue weighted by Gasteiger charge is -2.39. The Morgan fingerprint density at radius 3 is 2.77 bits per heavy atom. The van der Waals surface area contributed by atoms with Gasteiger partial charge in [0.1, 0.15) is 11.9 Å². The molecule has 1 amide bonds. The van der Waals surface area contributed by atoms with Crippen LogP contribution in [0.15, 0.2) is 48.7 Å². The first kappa shape index (κ1) is 19.6. The van der Waals surface area contributed by atoms with Crippen molar-refractivity contribution in [3.05, 3.63) is 59.5 Å². The van der Waals surface area contributed by atoms with E-state index in [1.54, 1.807) is 6.20 Å². The molecule has 1 aromatic carbocycles. The van der Waals surface area contributed by atoms with E-state index >= 15 is 0 Å². The van der Waals surface area contributed by atoms with Gasteiger partial charge in [-0.2, -0.15) is 4.98 Å². The van der Waals surface area contributed by atoms with Crippen LogP contribution in [-0.2, 0) is 0 Å². The summed E-state index contributed by atoms with van der Waals surface area (Å²) in [7, 11) is 0. The molecule has 0 spiro atoms. The number of nitrogens with zero attached hydrogens (tertiary/aromatic N) is 5. The molecule has 8 nitrogen and oxygen atoms in total. The first-order valence-electron chi connectivity index (χ1n) is 10.0.